The highest BCUT2D eigenvalue weighted by Gasteiger charge is 2.00. The van der Waals surface area contributed by atoms with E-state index in [0.29, 0.717) is 12.3 Å². The largest absolute Gasteiger partial charge is 0.175 e. The van der Waals surface area contributed by atoms with Crippen LogP contribution in [0.5, 0.6) is 0 Å². The highest BCUT2D eigenvalue weighted by Crippen LogP contribution is 2.04. The molecule has 0 aromatic rings. The van der Waals surface area contributed by atoms with Crippen LogP contribution in [-0.4, -0.2) is 11.4 Å². The average Bonchev–Trinajstić information content (AvgIpc) is 1.68. The standard InChI is InChI=1S/C3H5Cl2FO/c4-2-1-3(5)7-6/h3H,1-2H2. The van der Waals surface area contributed by atoms with Gasteiger partial charge in [-0.05, 0) is 4.53 Å². The minimum absolute atomic E-state index is 0.318. The van der Waals surface area contributed by atoms with Gasteiger partial charge in [0.05, 0.1) is 0 Å². The maximum Gasteiger partial charge on any atom is 0.172 e. The third-order valence-electron chi connectivity index (χ3n) is 0.433. The topological polar surface area (TPSA) is 9.23 Å². The predicted molar refractivity (Wildman–Crippen MR) is 27.2 cm³/mol. The fourth-order valence-electron chi connectivity index (χ4n) is 0.130. The lowest BCUT2D eigenvalue weighted by Gasteiger charge is -1.95. The highest BCUT2D eigenvalue weighted by molar-refractivity contribution is 6.21. The van der Waals surface area contributed by atoms with E-state index < -0.39 is 5.56 Å². The molecule has 0 amide bonds. The van der Waals surface area contributed by atoms with Crippen molar-refractivity contribution in [3.63, 3.8) is 0 Å². The third-order valence-corrected chi connectivity index (χ3v) is 0.937. The van der Waals surface area contributed by atoms with E-state index in [1.807, 2.05) is 0 Å². The SMILES string of the molecule is FOC(Cl)CCCl. The first-order valence-corrected chi connectivity index (χ1v) is 2.75. The third kappa shape index (κ3) is 4.32. The van der Waals surface area contributed by atoms with Gasteiger partial charge in [-0.25, -0.2) is 0 Å². The summed E-state index contributed by atoms with van der Waals surface area (Å²) >= 11 is 10.2. The van der Waals surface area contributed by atoms with E-state index in [-0.39, 0.29) is 0 Å². The molecule has 1 unspecified atom stereocenters. The van der Waals surface area contributed by atoms with E-state index in [0.717, 1.165) is 0 Å². The van der Waals surface area contributed by atoms with Crippen LogP contribution in [0.3, 0.4) is 0 Å². The minimum atomic E-state index is -0.877. The number of alkyl halides is 2. The Labute approximate surface area is 51.3 Å². The van der Waals surface area contributed by atoms with Crippen LogP contribution >= 0.6 is 23.2 Å². The van der Waals surface area contributed by atoms with Crippen LogP contribution in [0.4, 0.5) is 4.53 Å². The maximum absolute atomic E-state index is 10.9. The van der Waals surface area contributed by atoms with Gasteiger partial charge in [0.1, 0.15) is 0 Å². The lowest BCUT2D eigenvalue weighted by Crippen LogP contribution is -1.97. The van der Waals surface area contributed by atoms with E-state index in [1.54, 1.807) is 0 Å². The second-order valence-electron chi connectivity index (χ2n) is 0.977. The Morgan fingerprint density at radius 2 is 2.29 bits per heavy atom. The van der Waals surface area contributed by atoms with Crippen molar-refractivity contribution in [2.75, 3.05) is 5.88 Å². The molecule has 0 N–H and O–H groups in total. The zero-order chi connectivity index (χ0) is 5.70. The van der Waals surface area contributed by atoms with Gasteiger partial charge in [-0.15, -0.1) is 11.6 Å². The molecule has 0 aliphatic heterocycles. The van der Waals surface area contributed by atoms with E-state index in [1.165, 1.54) is 0 Å². The monoisotopic (exact) mass is 146 g/mol. The van der Waals surface area contributed by atoms with Gasteiger partial charge in [-0.3, -0.25) is 0 Å². The molecule has 0 spiro atoms. The molecule has 4 heteroatoms. The van der Waals surface area contributed by atoms with E-state index in [4.69, 9.17) is 23.2 Å². The molecule has 0 aliphatic rings. The van der Waals surface area contributed by atoms with Crippen LogP contribution in [0, 0.1) is 0 Å². The molecule has 1 atom stereocenters. The van der Waals surface area contributed by atoms with Crippen LogP contribution < -0.4 is 0 Å². The number of rotatable bonds is 3. The molecule has 0 heterocycles. The Morgan fingerprint density at radius 3 is 2.43 bits per heavy atom. The lowest BCUT2D eigenvalue weighted by atomic mass is 10.5. The van der Waals surface area contributed by atoms with Gasteiger partial charge in [0.25, 0.3) is 0 Å². The van der Waals surface area contributed by atoms with E-state index >= 15 is 0 Å². The molecule has 0 aliphatic carbocycles. The zero-order valence-electron chi connectivity index (χ0n) is 3.53. The first kappa shape index (κ1) is 7.47. The van der Waals surface area contributed by atoms with Crippen molar-refractivity contribution < 1.29 is 9.47 Å². The van der Waals surface area contributed by atoms with Gasteiger partial charge < -0.3 is 0 Å². The lowest BCUT2D eigenvalue weighted by molar-refractivity contribution is -0.149. The summed E-state index contributed by atoms with van der Waals surface area (Å²) in [4.78, 5) is 3.17. The fraction of sp³-hybridized carbons (Fsp3) is 1.00. The van der Waals surface area contributed by atoms with Crippen molar-refractivity contribution in [2.45, 2.75) is 12.0 Å². The van der Waals surface area contributed by atoms with Gasteiger partial charge in [0, 0.05) is 12.3 Å². The molecule has 0 radical (unpaired) electrons. The zero-order valence-corrected chi connectivity index (χ0v) is 5.05. The molecule has 0 rings (SSSR count). The molecular weight excluding hydrogens is 142 g/mol. The van der Waals surface area contributed by atoms with Crippen LogP contribution in [0.25, 0.3) is 0 Å². The van der Waals surface area contributed by atoms with Crippen molar-refractivity contribution in [1.82, 2.24) is 0 Å². The van der Waals surface area contributed by atoms with Gasteiger partial charge in [0.15, 0.2) is 5.56 Å². The Morgan fingerprint density at radius 1 is 1.71 bits per heavy atom. The Bertz CT molecular complexity index is 43.9. The molecule has 44 valence electrons. The Kier molecular flexibility index (Phi) is 4.94. The van der Waals surface area contributed by atoms with Crippen molar-refractivity contribution >= 4 is 23.2 Å². The summed E-state index contributed by atoms with van der Waals surface area (Å²) < 4.78 is 10.9. The Hall–Kier alpha value is 0.470. The summed E-state index contributed by atoms with van der Waals surface area (Å²) in [6.07, 6.45) is 0.333. The molecule has 0 saturated heterocycles. The summed E-state index contributed by atoms with van der Waals surface area (Å²) in [6, 6.07) is 0. The summed E-state index contributed by atoms with van der Waals surface area (Å²) in [5.41, 5.74) is -0.877. The molecule has 0 aromatic carbocycles. The van der Waals surface area contributed by atoms with Crippen LogP contribution in [0.2, 0.25) is 0 Å². The quantitative estimate of drug-likeness (QED) is 0.555. The maximum atomic E-state index is 10.9. The molecule has 0 fully saturated rings. The number of hydrogen-bond donors (Lipinski definition) is 0. The van der Waals surface area contributed by atoms with Crippen LogP contribution in [-0.2, 0) is 4.94 Å². The summed E-state index contributed by atoms with van der Waals surface area (Å²) in [5, 5.41) is 0. The van der Waals surface area contributed by atoms with Gasteiger partial charge in [-0.2, -0.15) is 4.94 Å². The minimum Gasteiger partial charge on any atom is -0.175 e. The van der Waals surface area contributed by atoms with Crippen molar-refractivity contribution in [1.29, 1.82) is 0 Å². The summed E-state index contributed by atoms with van der Waals surface area (Å²) in [7, 11) is 0. The van der Waals surface area contributed by atoms with Crippen LogP contribution in [0.1, 0.15) is 6.42 Å². The van der Waals surface area contributed by atoms with Crippen molar-refractivity contribution in [3.05, 3.63) is 0 Å². The number of halogens is 3. The molecule has 7 heavy (non-hydrogen) atoms. The molecule has 0 aromatic heterocycles. The summed E-state index contributed by atoms with van der Waals surface area (Å²) in [5.74, 6) is 0.318. The summed E-state index contributed by atoms with van der Waals surface area (Å²) in [6.45, 7) is 0. The predicted octanol–water partition coefficient (Wildman–Crippen LogP) is 2.08. The number of hydrogen-bond acceptors (Lipinski definition) is 1. The first-order valence-electron chi connectivity index (χ1n) is 1.78. The second kappa shape index (κ2) is 4.62. The van der Waals surface area contributed by atoms with Gasteiger partial charge >= 0.3 is 0 Å². The van der Waals surface area contributed by atoms with Gasteiger partial charge in [-0.1, -0.05) is 11.6 Å². The molecule has 0 bridgehead atoms. The van der Waals surface area contributed by atoms with E-state index in [2.05, 4.69) is 4.94 Å². The fourth-order valence-corrected chi connectivity index (χ4v) is 0.549. The van der Waals surface area contributed by atoms with Crippen LogP contribution in [0.15, 0.2) is 0 Å². The van der Waals surface area contributed by atoms with Crippen molar-refractivity contribution in [3.8, 4) is 0 Å². The Balaban J connectivity index is 2.83. The first-order chi connectivity index (χ1) is 3.31. The molecular formula is C3H5Cl2FO. The van der Waals surface area contributed by atoms with Gasteiger partial charge in [0.2, 0.25) is 0 Å². The van der Waals surface area contributed by atoms with Crippen molar-refractivity contribution in [2.24, 2.45) is 0 Å². The highest BCUT2D eigenvalue weighted by atomic mass is 35.5. The molecule has 0 saturated carbocycles. The smallest absolute Gasteiger partial charge is 0.172 e. The van der Waals surface area contributed by atoms with E-state index in [9.17, 15) is 4.53 Å². The normalized spacial score (nSPS) is 14.1. The molecule has 1 nitrogen and oxygen atoms in total. The average molecular weight is 147 g/mol. The second-order valence-corrected chi connectivity index (χ2v) is 1.84.